The molecule has 3 aromatic carbocycles. The van der Waals surface area contributed by atoms with E-state index in [1.54, 1.807) is 23.7 Å². The third kappa shape index (κ3) is 2.98. The smallest absolute Gasteiger partial charge is 0.331 e. The van der Waals surface area contributed by atoms with Crippen molar-refractivity contribution in [2.24, 2.45) is 14.1 Å². The summed E-state index contributed by atoms with van der Waals surface area (Å²) in [6, 6.07) is 25.3. The first-order valence-corrected chi connectivity index (χ1v) is 11.7. The van der Waals surface area contributed by atoms with Crippen LogP contribution in [0.2, 0.25) is 0 Å². The molecule has 0 amide bonds. The summed E-state index contributed by atoms with van der Waals surface area (Å²) >= 11 is 0. The molecule has 3 heterocycles. The van der Waals surface area contributed by atoms with Gasteiger partial charge in [-0.1, -0.05) is 54.1 Å². The molecule has 1 N–H and O–H groups in total. The number of aromatic nitrogens is 3. The van der Waals surface area contributed by atoms with Gasteiger partial charge in [-0.2, -0.15) is 5.26 Å². The molecule has 0 saturated heterocycles. The number of hydrogen-bond donors (Lipinski definition) is 1. The van der Waals surface area contributed by atoms with E-state index < -0.39 is 0 Å². The standard InChI is InChI=1S/C29H23N5O2/c1-17-8-12-20(13-9-17)25-23-26(32(2)29(36)33(3)28(23)35)27-24(19-14-10-18(16-30)11-15-19)31-21-6-4-5-7-22(21)34(25)27/h4-15,24,31H,1-3H3/t24-/m0/s1. The Labute approximate surface area is 207 Å². The maximum atomic E-state index is 13.7. The molecule has 0 spiro atoms. The summed E-state index contributed by atoms with van der Waals surface area (Å²) in [7, 11) is 3.23. The molecule has 7 heteroatoms. The number of nitrogens with zero attached hydrogens (tertiary/aromatic N) is 4. The number of hydrogen-bond acceptors (Lipinski definition) is 4. The number of rotatable bonds is 2. The normalized spacial score (nSPS) is 14.1. The largest absolute Gasteiger partial charge is 0.371 e. The van der Waals surface area contributed by atoms with Gasteiger partial charge in [0.15, 0.2) is 0 Å². The highest BCUT2D eigenvalue weighted by atomic mass is 16.2. The minimum absolute atomic E-state index is 0.332. The first-order chi connectivity index (χ1) is 17.4. The molecule has 6 rings (SSSR count). The van der Waals surface area contributed by atoms with Crippen LogP contribution in [-0.2, 0) is 14.1 Å². The van der Waals surface area contributed by atoms with E-state index in [0.717, 1.165) is 39.5 Å². The number of aryl methyl sites for hydroxylation is 2. The van der Waals surface area contributed by atoms with Gasteiger partial charge in [-0.15, -0.1) is 0 Å². The molecule has 5 aromatic rings. The van der Waals surface area contributed by atoms with E-state index >= 15 is 0 Å². The van der Waals surface area contributed by atoms with Crippen molar-refractivity contribution in [2.45, 2.75) is 13.0 Å². The lowest BCUT2D eigenvalue weighted by atomic mass is 9.98. The number of nitriles is 1. The van der Waals surface area contributed by atoms with Crippen molar-refractivity contribution in [3.63, 3.8) is 0 Å². The second-order valence-electron chi connectivity index (χ2n) is 9.19. The van der Waals surface area contributed by atoms with Crippen LogP contribution in [0.25, 0.3) is 27.8 Å². The quantitative estimate of drug-likeness (QED) is 0.412. The predicted molar refractivity (Wildman–Crippen MR) is 141 cm³/mol. The molecule has 7 nitrogen and oxygen atoms in total. The van der Waals surface area contributed by atoms with Gasteiger partial charge in [-0.25, -0.2) is 4.79 Å². The van der Waals surface area contributed by atoms with Gasteiger partial charge in [-0.05, 0) is 42.3 Å². The van der Waals surface area contributed by atoms with Gasteiger partial charge >= 0.3 is 5.69 Å². The minimum atomic E-state index is -0.381. The average Bonchev–Trinajstić information content (AvgIpc) is 3.27. The Bertz CT molecular complexity index is 1830. The molecule has 36 heavy (non-hydrogen) atoms. The van der Waals surface area contributed by atoms with Gasteiger partial charge < -0.3 is 9.88 Å². The summed E-state index contributed by atoms with van der Waals surface area (Å²) < 4.78 is 4.85. The van der Waals surface area contributed by atoms with E-state index in [4.69, 9.17) is 0 Å². The van der Waals surface area contributed by atoms with Crippen molar-refractivity contribution < 1.29 is 0 Å². The van der Waals surface area contributed by atoms with Crippen molar-refractivity contribution in [3.8, 4) is 23.0 Å². The lowest BCUT2D eigenvalue weighted by Gasteiger charge is -2.31. The zero-order valence-corrected chi connectivity index (χ0v) is 20.1. The highest BCUT2D eigenvalue weighted by molar-refractivity contribution is 5.99. The Balaban J connectivity index is 1.83. The van der Waals surface area contributed by atoms with Gasteiger partial charge in [-0.3, -0.25) is 13.9 Å². The molecule has 1 atom stereocenters. The van der Waals surface area contributed by atoms with Crippen molar-refractivity contribution in [1.29, 1.82) is 5.26 Å². The molecular weight excluding hydrogens is 450 g/mol. The topological polar surface area (TPSA) is 84.8 Å². The van der Waals surface area contributed by atoms with Crippen molar-refractivity contribution >= 4 is 16.6 Å². The van der Waals surface area contributed by atoms with E-state index in [1.807, 2.05) is 67.6 Å². The van der Waals surface area contributed by atoms with Crippen LogP contribution < -0.4 is 16.6 Å². The minimum Gasteiger partial charge on any atom is -0.371 e. The first-order valence-electron chi connectivity index (χ1n) is 11.7. The molecule has 0 bridgehead atoms. The van der Waals surface area contributed by atoms with Crippen LogP contribution in [-0.4, -0.2) is 13.7 Å². The fourth-order valence-corrected chi connectivity index (χ4v) is 5.20. The molecular formula is C29H23N5O2. The molecule has 0 aliphatic carbocycles. The molecule has 0 fully saturated rings. The summed E-state index contributed by atoms with van der Waals surface area (Å²) in [5.74, 6) is 0. The molecule has 176 valence electrons. The number of benzene rings is 3. The summed E-state index contributed by atoms with van der Waals surface area (Å²) in [5.41, 5.74) is 6.75. The second-order valence-corrected chi connectivity index (χ2v) is 9.19. The van der Waals surface area contributed by atoms with Crippen LogP contribution in [0, 0.1) is 18.3 Å². The number of para-hydroxylation sites is 2. The van der Waals surface area contributed by atoms with Crippen LogP contribution in [0.15, 0.2) is 82.4 Å². The Kier molecular flexibility index (Phi) is 4.73. The first kappa shape index (κ1) is 21.7. The van der Waals surface area contributed by atoms with Crippen molar-refractivity contribution in [2.75, 3.05) is 5.32 Å². The molecule has 0 unspecified atom stereocenters. The molecule has 0 radical (unpaired) electrons. The lowest BCUT2D eigenvalue weighted by Crippen LogP contribution is -2.37. The monoisotopic (exact) mass is 473 g/mol. The van der Waals surface area contributed by atoms with Crippen LogP contribution in [0.3, 0.4) is 0 Å². The van der Waals surface area contributed by atoms with Gasteiger partial charge in [0.05, 0.1) is 51.3 Å². The zero-order chi connectivity index (χ0) is 25.1. The van der Waals surface area contributed by atoms with Crippen LogP contribution in [0.5, 0.6) is 0 Å². The maximum Gasteiger partial charge on any atom is 0.331 e. The molecule has 2 aromatic heterocycles. The van der Waals surface area contributed by atoms with E-state index in [2.05, 4.69) is 16.0 Å². The van der Waals surface area contributed by atoms with E-state index in [1.165, 1.54) is 11.6 Å². The van der Waals surface area contributed by atoms with E-state index in [-0.39, 0.29) is 17.3 Å². The zero-order valence-electron chi connectivity index (χ0n) is 20.1. The third-order valence-electron chi connectivity index (χ3n) is 7.02. The van der Waals surface area contributed by atoms with Crippen LogP contribution in [0.1, 0.15) is 28.4 Å². The molecule has 1 aliphatic rings. The molecule has 0 saturated carbocycles. The maximum absolute atomic E-state index is 13.7. The van der Waals surface area contributed by atoms with Gasteiger partial charge in [0, 0.05) is 14.1 Å². The van der Waals surface area contributed by atoms with Gasteiger partial charge in [0.1, 0.15) is 0 Å². The fraction of sp³-hybridized carbons (Fsp3) is 0.138. The van der Waals surface area contributed by atoms with E-state index in [9.17, 15) is 14.9 Å². The average molecular weight is 474 g/mol. The lowest BCUT2D eigenvalue weighted by molar-refractivity contribution is 0.708. The molecule has 1 aliphatic heterocycles. The summed E-state index contributed by atoms with van der Waals surface area (Å²) in [6.07, 6.45) is 0. The number of fused-ring (bicyclic) bond motifs is 5. The van der Waals surface area contributed by atoms with Gasteiger partial charge in [0.2, 0.25) is 0 Å². The van der Waals surface area contributed by atoms with Gasteiger partial charge in [0.25, 0.3) is 5.56 Å². The Morgan fingerprint density at radius 1 is 0.889 bits per heavy atom. The van der Waals surface area contributed by atoms with Crippen molar-refractivity contribution in [3.05, 3.63) is 116 Å². The summed E-state index contributed by atoms with van der Waals surface area (Å²) in [4.78, 5) is 26.8. The summed E-state index contributed by atoms with van der Waals surface area (Å²) in [6.45, 7) is 2.03. The second kappa shape index (κ2) is 7.85. The third-order valence-corrected chi connectivity index (χ3v) is 7.02. The van der Waals surface area contributed by atoms with Crippen LogP contribution in [0.4, 0.5) is 5.69 Å². The Morgan fingerprint density at radius 2 is 1.58 bits per heavy atom. The van der Waals surface area contributed by atoms with E-state index in [0.29, 0.717) is 16.5 Å². The Morgan fingerprint density at radius 3 is 2.28 bits per heavy atom. The highest BCUT2D eigenvalue weighted by Crippen LogP contribution is 2.45. The fourth-order valence-electron chi connectivity index (χ4n) is 5.20. The predicted octanol–water partition coefficient (Wildman–Crippen LogP) is 4.39. The number of anilines is 1. The summed E-state index contributed by atoms with van der Waals surface area (Å²) in [5, 5.41) is 13.4. The Hall–Kier alpha value is -4.83. The van der Waals surface area contributed by atoms with Crippen LogP contribution >= 0.6 is 0 Å². The van der Waals surface area contributed by atoms with Crippen molar-refractivity contribution in [1.82, 2.24) is 13.7 Å². The number of nitrogens with one attached hydrogen (secondary N) is 1. The SMILES string of the molecule is Cc1ccc(-c2c3c(=O)n(C)c(=O)n(C)c3c3n2-c2ccccc2N[C@H]3c2ccc(C#N)cc2)cc1. The highest BCUT2D eigenvalue weighted by Gasteiger charge is 2.34.